The van der Waals surface area contributed by atoms with Gasteiger partial charge in [-0.2, -0.15) is 0 Å². The molecule has 1 atom stereocenters. The summed E-state index contributed by atoms with van der Waals surface area (Å²) in [7, 11) is -1.28. The molecule has 1 fully saturated rings. The molecule has 1 unspecified atom stereocenters. The van der Waals surface area contributed by atoms with Crippen molar-refractivity contribution in [3.63, 3.8) is 0 Å². The zero-order valence-electron chi connectivity index (χ0n) is 11.0. The minimum absolute atomic E-state index is 0.204. The van der Waals surface area contributed by atoms with Crippen LogP contribution in [0.2, 0.25) is 0 Å². The van der Waals surface area contributed by atoms with Crippen molar-refractivity contribution in [1.82, 2.24) is 14.3 Å². The Morgan fingerprint density at radius 3 is 2.68 bits per heavy atom. The molecule has 0 aliphatic heterocycles. The van der Waals surface area contributed by atoms with Crippen molar-refractivity contribution in [1.29, 1.82) is 0 Å². The van der Waals surface area contributed by atoms with Gasteiger partial charge in [0.25, 0.3) is 0 Å². The van der Waals surface area contributed by atoms with E-state index in [4.69, 9.17) is 0 Å². The SMILES string of the molecule is CC(NS(=O)(=O)C1CC1)c1nc2ccccc2n1C. The molecule has 0 radical (unpaired) electrons. The third-order valence-corrected chi connectivity index (χ3v) is 5.54. The smallest absolute Gasteiger partial charge is 0.215 e. The number of imidazole rings is 1. The normalized spacial score (nSPS) is 17.8. The first-order chi connectivity index (χ1) is 8.99. The summed E-state index contributed by atoms with van der Waals surface area (Å²) in [6.45, 7) is 1.83. The number of para-hydroxylation sites is 2. The topological polar surface area (TPSA) is 64.0 Å². The molecule has 0 saturated heterocycles. The summed E-state index contributed by atoms with van der Waals surface area (Å²) >= 11 is 0. The van der Waals surface area contributed by atoms with Gasteiger partial charge in [0, 0.05) is 7.05 Å². The molecular formula is C13H17N3O2S. The molecule has 1 aliphatic carbocycles. The molecule has 3 rings (SSSR count). The highest BCUT2D eigenvalue weighted by Crippen LogP contribution is 2.29. The van der Waals surface area contributed by atoms with E-state index in [9.17, 15) is 8.42 Å². The molecule has 1 aromatic heterocycles. The molecule has 0 spiro atoms. The Kier molecular flexibility index (Phi) is 2.87. The van der Waals surface area contributed by atoms with Crippen LogP contribution in [0, 0.1) is 0 Å². The van der Waals surface area contributed by atoms with Gasteiger partial charge < -0.3 is 4.57 Å². The number of nitrogens with zero attached hydrogens (tertiary/aromatic N) is 2. The highest BCUT2D eigenvalue weighted by molar-refractivity contribution is 7.90. The van der Waals surface area contributed by atoms with E-state index in [1.165, 1.54) is 0 Å². The van der Waals surface area contributed by atoms with E-state index in [0.717, 1.165) is 29.7 Å². The molecule has 102 valence electrons. The number of benzene rings is 1. The second kappa shape index (κ2) is 4.31. The minimum Gasteiger partial charge on any atom is -0.330 e. The molecule has 19 heavy (non-hydrogen) atoms. The Bertz CT molecular complexity index is 717. The van der Waals surface area contributed by atoms with Crippen LogP contribution in [-0.4, -0.2) is 23.2 Å². The average Bonchev–Trinajstić information content (AvgIpc) is 3.16. The fourth-order valence-corrected chi connectivity index (χ4v) is 3.87. The first-order valence-electron chi connectivity index (χ1n) is 6.41. The maximum Gasteiger partial charge on any atom is 0.215 e. The third-order valence-electron chi connectivity index (χ3n) is 3.51. The highest BCUT2D eigenvalue weighted by Gasteiger charge is 2.37. The molecule has 1 heterocycles. The molecule has 6 heteroatoms. The lowest BCUT2D eigenvalue weighted by molar-refractivity contribution is 0.554. The quantitative estimate of drug-likeness (QED) is 0.926. The van der Waals surface area contributed by atoms with Crippen LogP contribution >= 0.6 is 0 Å². The number of hydrogen-bond acceptors (Lipinski definition) is 3. The summed E-state index contributed by atoms with van der Waals surface area (Å²) in [5.41, 5.74) is 1.90. The Morgan fingerprint density at radius 2 is 2.05 bits per heavy atom. The minimum atomic E-state index is -3.19. The monoisotopic (exact) mass is 279 g/mol. The van der Waals surface area contributed by atoms with Crippen molar-refractivity contribution >= 4 is 21.1 Å². The Labute approximate surface area is 112 Å². The van der Waals surface area contributed by atoms with Crippen molar-refractivity contribution in [3.8, 4) is 0 Å². The molecule has 0 bridgehead atoms. The van der Waals surface area contributed by atoms with Gasteiger partial charge in [-0.1, -0.05) is 12.1 Å². The standard InChI is InChI=1S/C13H17N3O2S/c1-9(15-19(17,18)10-7-8-10)13-14-11-5-3-4-6-12(11)16(13)2/h3-6,9-10,15H,7-8H2,1-2H3. The second-order valence-electron chi connectivity index (χ2n) is 5.10. The molecule has 5 nitrogen and oxygen atoms in total. The van der Waals surface area contributed by atoms with Gasteiger partial charge in [-0.3, -0.25) is 0 Å². The van der Waals surface area contributed by atoms with Crippen LogP contribution in [0.1, 0.15) is 31.6 Å². The van der Waals surface area contributed by atoms with E-state index < -0.39 is 10.0 Å². The van der Waals surface area contributed by atoms with Gasteiger partial charge in [-0.15, -0.1) is 0 Å². The van der Waals surface area contributed by atoms with Gasteiger partial charge in [0.05, 0.1) is 22.3 Å². The summed E-state index contributed by atoms with van der Waals surface area (Å²) in [5, 5.41) is -0.204. The van der Waals surface area contributed by atoms with Crippen LogP contribution in [0.25, 0.3) is 11.0 Å². The summed E-state index contributed by atoms with van der Waals surface area (Å²) in [6.07, 6.45) is 1.54. The zero-order valence-corrected chi connectivity index (χ0v) is 11.8. The van der Waals surface area contributed by atoms with Crippen LogP contribution in [-0.2, 0) is 17.1 Å². The molecule has 1 saturated carbocycles. The van der Waals surface area contributed by atoms with E-state index in [1.807, 2.05) is 42.8 Å². The summed E-state index contributed by atoms with van der Waals surface area (Å²) < 4.78 is 28.6. The number of rotatable bonds is 4. The Hall–Kier alpha value is -1.40. The molecule has 1 aromatic carbocycles. The van der Waals surface area contributed by atoms with Crippen molar-refractivity contribution < 1.29 is 8.42 Å². The number of aromatic nitrogens is 2. The molecule has 1 N–H and O–H groups in total. The predicted molar refractivity (Wildman–Crippen MR) is 74.2 cm³/mol. The number of hydrogen-bond donors (Lipinski definition) is 1. The van der Waals surface area contributed by atoms with Crippen molar-refractivity contribution in [2.45, 2.75) is 31.1 Å². The van der Waals surface area contributed by atoms with Gasteiger partial charge in [-0.25, -0.2) is 18.1 Å². The van der Waals surface area contributed by atoms with Gasteiger partial charge in [0.2, 0.25) is 10.0 Å². The lowest BCUT2D eigenvalue weighted by Gasteiger charge is -2.13. The molecular weight excluding hydrogens is 262 g/mol. The fraction of sp³-hybridized carbons (Fsp3) is 0.462. The van der Waals surface area contributed by atoms with E-state index in [0.29, 0.717) is 0 Å². The first kappa shape index (κ1) is 12.6. The number of nitrogens with one attached hydrogen (secondary N) is 1. The highest BCUT2D eigenvalue weighted by atomic mass is 32.2. The number of sulfonamides is 1. The molecule has 1 aliphatic rings. The predicted octanol–water partition coefficient (Wildman–Crippen LogP) is 1.72. The van der Waals surface area contributed by atoms with Crippen LogP contribution in [0.4, 0.5) is 0 Å². The van der Waals surface area contributed by atoms with Crippen LogP contribution in [0.5, 0.6) is 0 Å². The average molecular weight is 279 g/mol. The van der Waals surface area contributed by atoms with E-state index in [-0.39, 0.29) is 11.3 Å². The Balaban J connectivity index is 1.93. The van der Waals surface area contributed by atoms with Crippen LogP contribution < -0.4 is 4.72 Å². The maximum atomic E-state index is 12.0. The van der Waals surface area contributed by atoms with Gasteiger partial charge >= 0.3 is 0 Å². The molecule has 2 aromatic rings. The van der Waals surface area contributed by atoms with E-state index in [2.05, 4.69) is 9.71 Å². The number of aryl methyl sites for hydroxylation is 1. The van der Waals surface area contributed by atoms with Crippen LogP contribution in [0.3, 0.4) is 0 Å². The summed E-state index contributed by atoms with van der Waals surface area (Å²) in [5.74, 6) is 0.741. The fourth-order valence-electron chi connectivity index (χ4n) is 2.33. The van der Waals surface area contributed by atoms with Crippen molar-refractivity contribution in [2.24, 2.45) is 7.05 Å². The van der Waals surface area contributed by atoms with Crippen molar-refractivity contribution in [2.75, 3.05) is 0 Å². The lowest BCUT2D eigenvalue weighted by atomic mass is 10.3. The zero-order chi connectivity index (χ0) is 13.6. The maximum absolute atomic E-state index is 12.0. The van der Waals surface area contributed by atoms with E-state index >= 15 is 0 Å². The van der Waals surface area contributed by atoms with E-state index in [1.54, 1.807) is 0 Å². The summed E-state index contributed by atoms with van der Waals surface area (Å²) in [4.78, 5) is 4.51. The third kappa shape index (κ3) is 2.26. The lowest BCUT2D eigenvalue weighted by Crippen LogP contribution is -2.31. The second-order valence-corrected chi connectivity index (χ2v) is 7.09. The van der Waals surface area contributed by atoms with Gasteiger partial charge in [0.1, 0.15) is 5.82 Å². The molecule has 0 amide bonds. The van der Waals surface area contributed by atoms with Crippen molar-refractivity contribution in [3.05, 3.63) is 30.1 Å². The van der Waals surface area contributed by atoms with Gasteiger partial charge in [0.15, 0.2) is 0 Å². The first-order valence-corrected chi connectivity index (χ1v) is 7.96. The Morgan fingerprint density at radius 1 is 1.37 bits per heavy atom. The number of fused-ring (bicyclic) bond motifs is 1. The summed E-state index contributed by atoms with van der Waals surface area (Å²) in [6, 6.07) is 7.47. The van der Waals surface area contributed by atoms with Gasteiger partial charge in [-0.05, 0) is 31.9 Å². The van der Waals surface area contributed by atoms with Crippen LogP contribution in [0.15, 0.2) is 24.3 Å². The largest absolute Gasteiger partial charge is 0.330 e.